The molecule has 3 nitrogen and oxygen atoms in total. The molecule has 1 aromatic heterocycles. The molecule has 1 aromatic carbocycles. The highest BCUT2D eigenvalue weighted by atomic mass is 16.5. The maximum atomic E-state index is 5.95. The third kappa shape index (κ3) is 3.54. The van der Waals surface area contributed by atoms with Gasteiger partial charge in [0.05, 0.1) is 13.2 Å². The number of nitrogens with one attached hydrogen (secondary N) is 1. The summed E-state index contributed by atoms with van der Waals surface area (Å²) in [6.07, 6.45) is 1.14. The zero-order valence-electron chi connectivity index (χ0n) is 13.1. The van der Waals surface area contributed by atoms with Crippen LogP contribution in [-0.4, -0.2) is 13.7 Å². The lowest BCUT2D eigenvalue weighted by Crippen LogP contribution is -2.23. The van der Waals surface area contributed by atoms with Crippen molar-refractivity contribution in [3.8, 4) is 5.75 Å². The molecule has 1 unspecified atom stereocenters. The van der Waals surface area contributed by atoms with E-state index in [0.717, 1.165) is 35.4 Å². The Bertz CT molecular complexity index is 566. The van der Waals surface area contributed by atoms with E-state index in [1.807, 2.05) is 18.2 Å². The first-order valence-electron chi connectivity index (χ1n) is 7.20. The number of ether oxygens (including phenoxy) is 1. The fraction of sp³-hybridized carbons (Fsp3) is 0.529. The summed E-state index contributed by atoms with van der Waals surface area (Å²) in [6, 6.07) is 8.25. The molecule has 1 atom stereocenters. The van der Waals surface area contributed by atoms with E-state index in [1.54, 1.807) is 7.11 Å². The molecule has 0 fully saturated rings. The highest BCUT2D eigenvalue weighted by molar-refractivity contribution is 5.83. The third-order valence-electron chi connectivity index (χ3n) is 3.50. The predicted octanol–water partition coefficient (Wildman–Crippen LogP) is 4.53. The molecular weight excluding hydrogens is 250 g/mol. The Morgan fingerprint density at radius 3 is 2.70 bits per heavy atom. The molecule has 0 amide bonds. The van der Waals surface area contributed by atoms with Gasteiger partial charge < -0.3 is 14.5 Å². The van der Waals surface area contributed by atoms with E-state index in [2.05, 4.69) is 39.1 Å². The molecule has 0 saturated carbocycles. The van der Waals surface area contributed by atoms with Gasteiger partial charge in [-0.05, 0) is 37.4 Å². The monoisotopic (exact) mass is 275 g/mol. The van der Waals surface area contributed by atoms with Gasteiger partial charge >= 0.3 is 0 Å². The fourth-order valence-electron chi connectivity index (χ4n) is 2.19. The van der Waals surface area contributed by atoms with Crippen LogP contribution >= 0.6 is 0 Å². The lowest BCUT2D eigenvalue weighted by Gasteiger charge is -2.19. The van der Waals surface area contributed by atoms with Gasteiger partial charge in [-0.15, -0.1) is 0 Å². The van der Waals surface area contributed by atoms with E-state index >= 15 is 0 Å². The highest BCUT2D eigenvalue weighted by Gasteiger charge is 2.15. The average Bonchev–Trinajstić information content (AvgIpc) is 2.80. The van der Waals surface area contributed by atoms with Crippen molar-refractivity contribution in [3.05, 3.63) is 30.0 Å². The standard InChI is InChI=1S/C17H25NO2/c1-12(18-10-9-17(2,3)4)15-11-13-7-6-8-14(19-5)16(13)20-15/h6-8,11-12,18H,9-10H2,1-5H3. The van der Waals surface area contributed by atoms with Crippen LogP contribution in [0.2, 0.25) is 0 Å². The second kappa shape index (κ2) is 5.88. The number of hydrogen-bond donors (Lipinski definition) is 1. The molecule has 2 rings (SSSR count). The number of hydrogen-bond acceptors (Lipinski definition) is 3. The van der Waals surface area contributed by atoms with E-state index in [1.165, 1.54) is 0 Å². The minimum atomic E-state index is 0.203. The largest absolute Gasteiger partial charge is 0.493 e. The van der Waals surface area contributed by atoms with E-state index < -0.39 is 0 Å². The number of methoxy groups -OCH3 is 1. The van der Waals surface area contributed by atoms with Crippen LogP contribution in [0.25, 0.3) is 11.0 Å². The van der Waals surface area contributed by atoms with Gasteiger partial charge in [0.1, 0.15) is 5.76 Å². The molecule has 0 aliphatic heterocycles. The van der Waals surface area contributed by atoms with Gasteiger partial charge in [-0.3, -0.25) is 0 Å². The van der Waals surface area contributed by atoms with Crippen molar-refractivity contribution in [1.82, 2.24) is 5.32 Å². The second-order valence-electron chi connectivity index (χ2n) is 6.51. The Balaban J connectivity index is 2.09. The molecule has 2 aromatic rings. The van der Waals surface area contributed by atoms with Crippen LogP contribution in [0.4, 0.5) is 0 Å². The Morgan fingerprint density at radius 1 is 1.30 bits per heavy atom. The number of fused-ring (bicyclic) bond motifs is 1. The summed E-state index contributed by atoms with van der Waals surface area (Å²) in [7, 11) is 1.67. The Morgan fingerprint density at radius 2 is 2.05 bits per heavy atom. The molecule has 1 N–H and O–H groups in total. The predicted molar refractivity (Wildman–Crippen MR) is 83.3 cm³/mol. The first-order valence-corrected chi connectivity index (χ1v) is 7.20. The van der Waals surface area contributed by atoms with E-state index in [4.69, 9.17) is 9.15 Å². The minimum Gasteiger partial charge on any atom is -0.493 e. The van der Waals surface area contributed by atoms with E-state index in [0.29, 0.717) is 5.41 Å². The molecule has 0 saturated heterocycles. The zero-order chi connectivity index (χ0) is 14.8. The summed E-state index contributed by atoms with van der Waals surface area (Å²) >= 11 is 0. The first-order chi connectivity index (χ1) is 9.40. The van der Waals surface area contributed by atoms with Crippen LogP contribution in [0.1, 0.15) is 45.9 Å². The van der Waals surface area contributed by atoms with Crippen LogP contribution in [0.15, 0.2) is 28.7 Å². The lowest BCUT2D eigenvalue weighted by molar-refractivity contribution is 0.347. The Kier molecular flexibility index (Phi) is 4.39. The van der Waals surface area contributed by atoms with E-state index in [9.17, 15) is 0 Å². The van der Waals surface area contributed by atoms with Crippen molar-refractivity contribution in [2.24, 2.45) is 5.41 Å². The van der Waals surface area contributed by atoms with Crippen molar-refractivity contribution >= 4 is 11.0 Å². The number of para-hydroxylation sites is 1. The number of benzene rings is 1. The topological polar surface area (TPSA) is 34.4 Å². The maximum Gasteiger partial charge on any atom is 0.176 e. The van der Waals surface area contributed by atoms with Crippen molar-refractivity contribution in [3.63, 3.8) is 0 Å². The van der Waals surface area contributed by atoms with Crippen LogP contribution in [0.3, 0.4) is 0 Å². The summed E-state index contributed by atoms with van der Waals surface area (Å²) in [5, 5.41) is 4.61. The summed E-state index contributed by atoms with van der Waals surface area (Å²) in [5.74, 6) is 1.74. The van der Waals surface area contributed by atoms with Crippen molar-refractivity contribution in [2.45, 2.75) is 40.2 Å². The van der Waals surface area contributed by atoms with Gasteiger partial charge in [0.15, 0.2) is 11.3 Å². The van der Waals surface area contributed by atoms with Gasteiger partial charge in [-0.2, -0.15) is 0 Å². The van der Waals surface area contributed by atoms with Crippen molar-refractivity contribution in [2.75, 3.05) is 13.7 Å². The fourth-order valence-corrected chi connectivity index (χ4v) is 2.19. The summed E-state index contributed by atoms with van der Waals surface area (Å²) in [5.41, 5.74) is 1.18. The minimum absolute atomic E-state index is 0.203. The van der Waals surface area contributed by atoms with Gasteiger partial charge in [0, 0.05) is 5.39 Å². The normalized spacial score (nSPS) is 13.7. The van der Waals surface area contributed by atoms with Crippen molar-refractivity contribution in [1.29, 1.82) is 0 Å². The van der Waals surface area contributed by atoms with Crippen LogP contribution < -0.4 is 10.1 Å². The maximum absolute atomic E-state index is 5.95. The quantitative estimate of drug-likeness (QED) is 0.870. The highest BCUT2D eigenvalue weighted by Crippen LogP contribution is 2.31. The van der Waals surface area contributed by atoms with E-state index in [-0.39, 0.29) is 6.04 Å². The molecule has 0 aliphatic carbocycles. The average molecular weight is 275 g/mol. The summed E-state index contributed by atoms with van der Waals surface area (Å²) in [6.45, 7) is 9.88. The summed E-state index contributed by atoms with van der Waals surface area (Å²) < 4.78 is 11.3. The molecule has 3 heteroatoms. The lowest BCUT2D eigenvalue weighted by atomic mass is 9.92. The zero-order valence-corrected chi connectivity index (χ0v) is 13.1. The first kappa shape index (κ1) is 14.9. The Hall–Kier alpha value is -1.48. The second-order valence-corrected chi connectivity index (χ2v) is 6.51. The Labute approximate surface area is 121 Å². The number of rotatable bonds is 5. The molecule has 1 heterocycles. The van der Waals surface area contributed by atoms with Gasteiger partial charge in [-0.1, -0.05) is 32.9 Å². The molecular formula is C17H25NO2. The molecule has 0 bridgehead atoms. The van der Waals surface area contributed by atoms with Gasteiger partial charge in [-0.25, -0.2) is 0 Å². The number of furan rings is 1. The third-order valence-corrected chi connectivity index (χ3v) is 3.50. The molecule has 20 heavy (non-hydrogen) atoms. The van der Waals surface area contributed by atoms with Crippen LogP contribution in [0.5, 0.6) is 5.75 Å². The SMILES string of the molecule is COc1cccc2cc(C(C)NCCC(C)(C)C)oc12. The molecule has 0 spiro atoms. The molecule has 0 aliphatic rings. The van der Waals surface area contributed by atoms with Crippen molar-refractivity contribution < 1.29 is 9.15 Å². The van der Waals surface area contributed by atoms with Crippen LogP contribution in [0, 0.1) is 5.41 Å². The molecule has 0 radical (unpaired) electrons. The van der Waals surface area contributed by atoms with Gasteiger partial charge in [0.25, 0.3) is 0 Å². The summed E-state index contributed by atoms with van der Waals surface area (Å²) in [4.78, 5) is 0. The molecule has 110 valence electrons. The van der Waals surface area contributed by atoms with Crippen LogP contribution in [-0.2, 0) is 0 Å². The van der Waals surface area contributed by atoms with Gasteiger partial charge in [0.2, 0.25) is 0 Å². The smallest absolute Gasteiger partial charge is 0.176 e.